The lowest BCUT2D eigenvalue weighted by Crippen LogP contribution is -2.36. The maximum absolute atomic E-state index is 10.6. The summed E-state index contributed by atoms with van der Waals surface area (Å²) in [6.07, 6.45) is 1.44. The molecule has 3 nitrogen and oxygen atoms in total. The third-order valence-corrected chi connectivity index (χ3v) is 3.32. The van der Waals surface area contributed by atoms with Crippen molar-refractivity contribution < 1.29 is 9.84 Å². The fourth-order valence-electron chi connectivity index (χ4n) is 1.96. The number of aliphatic hydroxyl groups is 1. The minimum Gasteiger partial charge on any atom is -0.383 e. The molecule has 0 aliphatic rings. The third-order valence-electron chi connectivity index (χ3n) is 3.32. The van der Waals surface area contributed by atoms with Gasteiger partial charge in [-0.15, -0.1) is 0 Å². The number of nitrogens with zero attached hydrogens (tertiary/aromatic N) is 1. The van der Waals surface area contributed by atoms with Gasteiger partial charge in [-0.1, -0.05) is 24.3 Å². The quantitative estimate of drug-likeness (QED) is 0.882. The molecule has 2 rings (SSSR count). The van der Waals surface area contributed by atoms with Crippen LogP contribution in [0, 0.1) is 0 Å². The summed E-state index contributed by atoms with van der Waals surface area (Å²) in [7, 11) is 1.59. The number of rotatable bonds is 3. The topological polar surface area (TPSA) is 42.4 Å². The highest BCUT2D eigenvalue weighted by atomic mass is 16.5. The first-order chi connectivity index (χ1) is 8.07. The van der Waals surface area contributed by atoms with Gasteiger partial charge in [-0.3, -0.25) is 4.98 Å². The first-order valence-corrected chi connectivity index (χ1v) is 5.66. The monoisotopic (exact) mass is 231 g/mol. The molecule has 0 saturated carbocycles. The highest BCUT2D eigenvalue weighted by Crippen LogP contribution is 2.30. The molecule has 90 valence electrons. The first kappa shape index (κ1) is 12.0. The first-order valence-electron chi connectivity index (χ1n) is 5.66. The summed E-state index contributed by atoms with van der Waals surface area (Å²) in [6, 6.07) is 9.68. The number of fused-ring (bicyclic) bond motifs is 1. The van der Waals surface area contributed by atoms with Crippen LogP contribution in [0.3, 0.4) is 0 Å². The molecule has 0 saturated heterocycles. The van der Waals surface area contributed by atoms with Crippen LogP contribution in [0.5, 0.6) is 0 Å². The molecule has 2 unspecified atom stereocenters. The zero-order chi connectivity index (χ0) is 12.5. The van der Waals surface area contributed by atoms with Gasteiger partial charge in [0.25, 0.3) is 0 Å². The van der Waals surface area contributed by atoms with Crippen molar-refractivity contribution in [3.05, 3.63) is 42.1 Å². The predicted octanol–water partition coefficient (Wildman–Crippen LogP) is 2.48. The van der Waals surface area contributed by atoms with E-state index in [1.165, 1.54) is 0 Å². The third kappa shape index (κ3) is 2.04. The summed E-state index contributed by atoms with van der Waals surface area (Å²) in [6.45, 7) is 3.60. The van der Waals surface area contributed by atoms with Crippen LogP contribution in [0.4, 0.5) is 0 Å². The Bertz CT molecular complexity index is 517. The highest BCUT2D eigenvalue weighted by molar-refractivity contribution is 5.82. The van der Waals surface area contributed by atoms with Gasteiger partial charge >= 0.3 is 0 Å². The van der Waals surface area contributed by atoms with Crippen LogP contribution in [0.15, 0.2) is 36.5 Å². The smallest absolute Gasteiger partial charge is 0.115 e. The van der Waals surface area contributed by atoms with E-state index in [4.69, 9.17) is 4.74 Å². The summed E-state index contributed by atoms with van der Waals surface area (Å²) in [4.78, 5) is 4.35. The van der Waals surface area contributed by atoms with Gasteiger partial charge in [0.05, 0.1) is 11.6 Å². The van der Waals surface area contributed by atoms with Crippen molar-refractivity contribution in [2.75, 3.05) is 7.11 Å². The molecule has 1 heterocycles. The Kier molecular flexibility index (Phi) is 3.13. The number of benzene rings is 1. The van der Waals surface area contributed by atoms with Crippen molar-refractivity contribution in [3.63, 3.8) is 0 Å². The number of hydrogen-bond acceptors (Lipinski definition) is 3. The average Bonchev–Trinajstić information content (AvgIpc) is 2.37. The van der Waals surface area contributed by atoms with Crippen LogP contribution in [0.1, 0.15) is 19.4 Å². The molecule has 0 aliphatic carbocycles. The average molecular weight is 231 g/mol. The van der Waals surface area contributed by atoms with Crippen LogP contribution in [-0.2, 0) is 10.3 Å². The second-order valence-corrected chi connectivity index (χ2v) is 4.41. The van der Waals surface area contributed by atoms with Gasteiger partial charge in [0.1, 0.15) is 5.60 Å². The van der Waals surface area contributed by atoms with Gasteiger partial charge in [-0.2, -0.15) is 0 Å². The van der Waals surface area contributed by atoms with Crippen molar-refractivity contribution in [2.24, 2.45) is 0 Å². The minimum absolute atomic E-state index is 0.296. The maximum Gasteiger partial charge on any atom is 0.115 e. The second kappa shape index (κ2) is 4.43. The van der Waals surface area contributed by atoms with Gasteiger partial charge < -0.3 is 9.84 Å². The number of pyridine rings is 1. The van der Waals surface area contributed by atoms with E-state index in [9.17, 15) is 5.11 Å². The lowest BCUT2D eigenvalue weighted by molar-refractivity contribution is -0.0763. The van der Waals surface area contributed by atoms with Crippen molar-refractivity contribution in [2.45, 2.75) is 25.6 Å². The molecule has 3 heteroatoms. The highest BCUT2D eigenvalue weighted by Gasteiger charge is 2.32. The van der Waals surface area contributed by atoms with Crippen molar-refractivity contribution in [3.8, 4) is 0 Å². The molecule has 1 aromatic heterocycles. The molecule has 0 radical (unpaired) electrons. The molecule has 0 aliphatic heterocycles. The fourth-order valence-corrected chi connectivity index (χ4v) is 1.96. The Balaban J connectivity index is 2.63. The van der Waals surface area contributed by atoms with E-state index in [2.05, 4.69) is 4.98 Å². The molecular formula is C14H17NO2. The molecule has 2 atom stereocenters. The molecule has 0 fully saturated rings. The lowest BCUT2D eigenvalue weighted by atomic mass is 9.89. The van der Waals surface area contributed by atoms with Gasteiger partial charge in [0.2, 0.25) is 0 Å². The van der Waals surface area contributed by atoms with Gasteiger partial charge in [0.15, 0.2) is 0 Å². The van der Waals surface area contributed by atoms with Crippen molar-refractivity contribution in [1.29, 1.82) is 0 Å². The lowest BCUT2D eigenvalue weighted by Gasteiger charge is -2.30. The van der Waals surface area contributed by atoms with E-state index in [1.54, 1.807) is 20.2 Å². The van der Waals surface area contributed by atoms with E-state index in [0.717, 1.165) is 16.5 Å². The number of ether oxygens (including phenoxy) is 1. The number of methoxy groups -OCH3 is 1. The number of para-hydroxylation sites is 1. The Hall–Kier alpha value is -1.45. The van der Waals surface area contributed by atoms with E-state index in [1.807, 2.05) is 37.3 Å². The zero-order valence-electron chi connectivity index (χ0n) is 10.3. The van der Waals surface area contributed by atoms with Crippen LogP contribution in [0.25, 0.3) is 10.9 Å². The summed E-state index contributed by atoms with van der Waals surface area (Å²) in [5.41, 5.74) is 0.566. The van der Waals surface area contributed by atoms with E-state index in [0.29, 0.717) is 0 Å². The van der Waals surface area contributed by atoms with Crippen LogP contribution in [0.2, 0.25) is 0 Å². The molecule has 0 spiro atoms. The number of aromatic nitrogens is 1. The SMILES string of the molecule is COC(C)C(C)(O)c1cccc2cccnc12. The van der Waals surface area contributed by atoms with Crippen molar-refractivity contribution >= 4 is 10.9 Å². The molecular weight excluding hydrogens is 214 g/mol. The number of hydrogen-bond donors (Lipinski definition) is 1. The zero-order valence-corrected chi connectivity index (χ0v) is 10.3. The van der Waals surface area contributed by atoms with Gasteiger partial charge in [-0.25, -0.2) is 0 Å². The molecule has 2 aromatic rings. The normalized spacial score (nSPS) is 16.7. The molecule has 0 bridgehead atoms. The van der Waals surface area contributed by atoms with Crippen LogP contribution < -0.4 is 0 Å². The summed E-state index contributed by atoms with van der Waals surface area (Å²) < 4.78 is 5.24. The predicted molar refractivity (Wildman–Crippen MR) is 67.8 cm³/mol. The van der Waals surface area contributed by atoms with Gasteiger partial charge in [-0.05, 0) is 19.9 Å². The largest absolute Gasteiger partial charge is 0.383 e. The Labute approximate surface area is 101 Å². The molecule has 1 aromatic carbocycles. The van der Waals surface area contributed by atoms with Crippen molar-refractivity contribution in [1.82, 2.24) is 4.98 Å². The van der Waals surface area contributed by atoms with E-state index >= 15 is 0 Å². The summed E-state index contributed by atoms with van der Waals surface area (Å²) >= 11 is 0. The summed E-state index contributed by atoms with van der Waals surface area (Å²) in [5, 5.41) is 11.6. The fraction of sp³-hybridized carbons (Fsp3) is 0.357. The van der Waals surface area contributed by atoms with E-state index in [-0.39, 0.29) is 6.10 Å². The Morgan fingerprint density at radius 1 is 1.29 bits per heavy atom. The van der Waals surface area contributed by atoms with Crippen LogP contribution >= 0.6 is 0 Å². The standard InChI is InChI=1S/C14H17NO2/c1-10(17-3)14(2,16)12-8-4-6-11-7-5-9-15-13(11)12/h4-10,16H,1-3H3. The minimum atomic E-state index is -1.05. The second-order valence-electron chi connectivity index (χ2n) is 4.41. The maximum atomic E-state index is 10.6. The van der Waals surface area contributed by atoms with E-state index < -0.39 is 5.60 Å². The molecule has 17 heavy (non-hydrogen) atoms. The van der Waals surface area contributed by atoms with Crippen LogP contribution in [-0.4, -0.2) is 23.3 Å². The Morgan fingerprint density at radius 2 is 2.00 bits per heavy atom. The summed E-state index contributed by atoms with van der Waals surface area (Å²) in [5.74, 6) is 0. The van der Waals surface area contributed by atoms with Gasteiger partial charge in [0, 0.05) is 24.3 Å². The molecule has 1 N–H and O–H groups in total. The Morgan fingerprint density at radius 3 is 2.71 bits per heavy atom. The molecule has 0 amide bonds.